The second-order valence-electron chi connectivity index (χ2n) is 7.03. The maximum atomic E-state index is 12.9. The van der Waals surface area contributed by atoms with Gasteiger partial charge in [0.15, 0.2) is 11.5 Å². The molecule has 0 saturated heterocycles. The molecule has 0 aromatic heterocycles. The average Bonchev–Trinajstić information content (AvgIpc) is 2.83. The zero-order valence-electron chi connectivity index (χ0n) is 15.4. The van der Waals surface area contributed by atoms with Gasteiger partial charge in [-0.15, -0.1) is 0 Å². The molecule has 4 nitrogen and oxygen atoms in total. The van der Waals surface area contributed by atoms with Crippen LogP contribution in [0.4, 0.5) is 0 Å². The largest absolute Gasteiger partial charge is 0.493 e. The Morgan fingerprint density at radius 2 is 1.67 bits per heavy atom. The van der Waals surface area contributed by atoms with Crippen LogP contribution < -0.4 is 14.8 Å². The van der Waals surface area contributed by atoms with Crippen LogP contribution in [0.1, 0.15) is 63.9 Å². The normalized spacial score (nSPS) is 17.2. The van der Waals surface area contributed by atoms with Crippen molar-refractivity contribution in [2.75, 3.05) is 14.2 Å². The van der Waals surface area contributed by atoms with Crippen LogP contribution in [-0.2, 0) is 4.79 Å². The number of hydrogen-bond acceptors (Lipinski definition) is 3. The molecule has 1 saturated carbocycles. The summed E-state index contributed by atoms with van der Waals surface area (Å²) in [5.74, 6) is 1.53. The van der Waals surface area contributed by atoms with E-state index in [1.54, 1.807) is 14.2 Å². The smallest absolute Gasteiger partial charge is 0.228 e. The van der Waals surface area contributed by atoms with Gasteiger partial charge in [0.05, 0.1) is 20.1 Å². The van der Waals surface area contributed by atoms with Gasteiger partial charge >= 0.3 is 0 Å². The molecule has 1 fully saturated rings. The van der Waals surface area contributed by atoms with Crippen molar-refractivity contribution in [3.63, 3.8) is 0 Å². The number of rotatable bonds is 6. The topological polar surface area (TPSA) is 47.6 Å². The Morgan fingerprint density at radius 1 is 1.04 bits per heavy atom. The Kier molecular flexibility index (Phi) is 6.95. The van der Waals surface area contributed by atoms with Crippen molar-refractivity contribution >= 4 is 5.91 Å². The van der Waals surface area contributed by atoms with Crippen LogP contribution in [-0.4, -0.2) is 26.2 Å². The summed E-state index contributed by atoms with van der Waals surface area (Å²) in [6, 6.07) is 6.10. The first-order chi connectivity index (χ1) is 11.6. The standard InChI is InChI=1S/C20H31NO3/c1-14(2)19(15-11-12-17(23-3)18(13-15)24-4)20(22)21-16-9-7-5-6-8-10-16/h11-14,16,19H,5-10H2,1-4H3,(H,21,22). The summed E-state index contributed by atoms with van der Waals surface area (Å²) < 4.78 is 10.7. The van der Waals surface area contributed by atoms with E-state index in [1.165, 1.54) is 25.7 Å². The Balaban J connectivity index is 2.17. The molecule has 1 aliphatic carbocycles. The third-order valence-corrected chi connectivity index (χ3v) is 4.92. The van der Waals surface area contributed by atoms with E-state index < -0.39 is 0 Å². The fourth-order valence-corrected chi connectivity index (χ4v) is 3.60. The average molecular weight is 333 g/mol. The maximum Gasteiger partial charge on any atom is 0.228 e. The zero-order valence-corrected chi connectivity index (χ0v) is 15.4. The quantitative estimate of drug-likeness (QED) is 0.790. The summed E-state index contributed by atoms with van der Waals surface area (Å²) in [6.07, 6.45) is 7.21. The molecule has 1 amide bonds. The van der Waals surface area contributed by atoms with Crippen molar-refractivity contribution in [2.45, 2.75) is 64.3 Å². The minimum Gasteiger partial charge on any atom is -0.493 e. The number of methoxy groups -OCH3 is 2. The van der Waals surface area contributed by atoms with Gasteiger partial charge in [0.1, 0.15) is 0 Å². The molecular weight excluding hydrogens is 302 g/mol. The molecular formula is C20H31NO3. The summed E-state index contributed by atoms with van der Waals surface area (Å²) in [7, 11) is 3.24. The highest BCUT2D eigenvalue weighted by atomic mass is 16.5. The molecule has 0 heterocycles. The predicted molar refractivity (Wildman–Crippen MR) is 96.8 cm³/mol. The van der Waals surface area contributed by atoms with E-state index in [-0.39, 0.29) is 17.7 Å². The van der Waals surface area contributed by atoms with E-state index in [0.717, 1.165) is 18.4 Å². The van der Waals surface area contributed by atoms with E-state index in [9.17, 15) is 4.79 Å². The molecule has 1 atom stereocenters. The fraction of sp³-hybridized carbons (Fsp3) is 0.650. The third-order valence-electron chi connectivity index (χ3n) is 4.92. The molecule has 0 radical (unpaired) electrons. The van der Waals surface area contributed by atoms with Gasteiger partial charge in [-0.1, -0.05) is 45.6 Å². The number of carbonyl (C=O) groups is 1. The van der Waals surface area contributed by atoms with Gasteiger partial charge in [0, 0.05) is 6.04 Å². The van der Waals surface area contributed by atoms with Crippen LogP contribution in [0.2, 0.25) is 0 Å². The molecule has 24 heavy (non-hydrogen) atoms. The molecule has 0 aliphatic heterocycles. The van der Waals surface area contributed by atoms with Gasteiger partial charge in [-0.05, 0) is 36.5 Å². The van der Waals surface area contributed by atoms with Crippen LogP contribution in [0.3, 0.4) is 0 Å². The number of carbonyl (C=O) groups excluding carboxylic acids is 1. The Labute approximate surface area is 145 Å². The first kappa shape index (κ1) is 18.6. The molecule has 1 N–H and O–H groups in total. The van der Waals surface area contributed by atoms with Gasteiger partial charge < -0.3 is 14.8 Å². The number of hydrogen-bond donors (Lipinski definition) is 1. The molecule has 1 aromatic carbocycles. The van der Waals surface area contributed by atoms with Gasteiger partial charge in [-0.25, -0.2) is 0 Å². The lowest BCUT2D eigenvalue weighted by molar-refractivity contribution is -0.124. The van der Waals surface area contributed by atoms with Crippen LogP contribution >= 0.6 is 0 Å². The highest BCUT2D eigenvalue weighted by Crippen LogP contribution is 2.33. The van der Waals surface area contributed by atoms with Crippen molar-refractivity contribution < 1.29 is 14.3 Å². The lowest BCUT2D eigenvalue weighted by Crippen LogP contribution is -2.39. The highest BCUT2D eigenvalue weighted by molar-refractivity contribution is 5.84. The van der Waals surface area contributed by atoms with Gasteiger partial charge in [0.25, 0.3) is 0 Å². The zero-order chi connectivity index (χ0) is 17.5. The van der Waals surface area contributed by atoms with E-state index in [2.05, 4.69) is 19.2 Å². The molecule has 1 unspecified atom stereocenters. The number of nitrogens with one attached hydrogen (secondary N) is 1. The summed E-state index contributed by atoms with van der Waals surface area (Å²) in [5.41, 5.74) is 0.980. The number of benzene rings is 1. The number of ether oxygens (including phenoxy) is 2. The Hall–Kier alpha value is -1.71. The van der Waals surface area contributed by atoms with Gasteiger partial charge in [-0.3, -0.25) is 4.79 Å². The molecule has 4 heteroatoms. The second-order valence-corrected chi connectivity index (χ2v) is 7.03. The molecule has 1 aromatic rings. The minimum atomic E-state index is -0.173. The SMILES string of the molecule is COc1ccc(C(C(=O)NC2CCCCCC2)C(C)C)cc1OC. The first-order valence-electron chi connectivity index (χ1n) is 9.09. The summed E-state index contributed by atoms with van der Waals surface area (Å²) in [4.78, 5) is 12.9. The van der Waals surface area contributed by atoms with Crippen LogP contribution in [0, 0.1) is 5.92 Å². The van der Waals surface area contributed by atoms with E-state index in [1.807, 2.05) is 18.2 Å². The van der Waals surface area contributed by atoms with E-state index in [4.69, 9.17) is 9.47 Å². The Bertz CT molecular complexity index is 534. The van der Waals surface area contributed by atoms with Crippen LogP contribution in [0.25, 0.3) is 0 Å². The molecule has 1 aliphatic rings. The molecule has 0 spiro atoms. The highest BCUT2D eigenvalue weighted by Gasteiger charge is 2.27. The van der Waals surface area contributed by atoms with Crippen LogP contribution in [0.5, 0.6) is 11.5 Å². The lowest BCUT2D eigenvalue weighted by atomic mass is 9.87. The first-order valence-corrected chi connectivity index (χ1v) is 9.09. The van der Waals surface area contributed by atoms with Crippen LogP contribution in [0.15, 0.2) is 18.2 Å². The van der Waals surface area contributed by atoms with Crippen molar-refractivity contribution in [3.05, 3.63) is 23.8 Å². The van der Waals surface area contributed by atoms with Gasteiger partial charge in [-0.2, -0.15) is 0 Å². The van der Waals surface area contributed by atoms with Crippen molar-refractivity contribution in [1.82, 2.24) is 5.32 Å². The summed E-state index contributed by atoms with van der Waals surface area (Å²) in [6.45, 7) is 4.18. The molecule has 134 valence electrons. The maximum absolute atomic E-state index is 12.9. The number of amides is 1. The lowest BCUT2D eigenvalue weighted by Gasteiger charge is -2.25. The molecule has 2 rings (SSSR count). The van der Waals surface area contributed by atoms with Crippen molar-refractivity contribution in [1.29, 1.82) is 0 Å². The van der Waals surface area contributed by atoms with Crippen molar-refractivity contribution in [2.24, 2.45) is 5.92 Å². The van der Waals surface area contributed by atoms with E-state index in [0.29, 0.717) is 17.5 Å². The monoisotopic (exact) mass is 333 g/mol. The third kappa shape index (κ3) is 4.65. The van der Waals surface area contributed by atoms with Crippen molar-refractivity contribution in [3.8, 4) is 11.5 Å². The fourth-order valence-electron chi connectivity index (χ4n) is 3.60. The Morgan fingerprint density at radius 3 is 2.21 bits per heavy atom. The predicted octanol–water partition coefficient (Wildman–Crippen LogP) is 4.28. The van der Waals surface area contributed by atoms with E-state index >= 15 is 0 Å². The van der Waals surface area contributed by atoms with Gasteiger partial charge in [0.2, 0.25) is 5.91 Å². The second kappa shape index (κ2) is 8.95. The minimum absolute atomic E-state index is 0.129. The summed E-state index contributed by atoms with van der Waals surface area (Å²) >= 11 is 0. The molecule has 0 bridgehead atoms. The summed E-state index contributed by atoms with van der Waals surface area (Å²) in [5, 5.41) is 3.29.